The van der Waals surface area contributed by atoms with Crippen LogP contribution in [-0.2, 0) is 25.6 Å². The number of imide groups is 1. The maximum Gasteiger partial charge on any atom is 0.322 e. The van der Waals surface area contributed by atoms with Gasteiger partial charge in [-0.25, -0.2) is 0 Å². The molecular weight excluding hydrogens is 580 g/mol. The summed E-state index contributed by atoms with van der Waals surface area (Å²) in [4.78, 5) is 77.0. The van der Waals surface area contributed by atoms with Crippen LogP contribution < -0.4 is 16.0 Å². The van der Waals surface area contributed by atoms with Crippen molar-refractivity contribution in [2.24, 2.45) is 5.92 Å². The highest BCUT2D eigenvalue weighted by molar-refractivity contribution is 6.23. The Morgan fingerprint density at radius 2 is 1.36 bits per heavy atom. The Morgan fingerprint density at radius 1 is 0.778 bits per heavy atom. The monoisotopic (exact) mass is 616 g/mol. The molecule has 1 aliphatic rings. The van der Waals surface area contributed by atoms with Crippen LogP contribution >= 0.6 is 0 Å². The molecule has 12 nitrogen and oxygen atoms in total. The summed E-state index contributed by atoms with van der Waals surface area (Å²) in [7, 11) is 0. The van der Waals surface area contributed by atoms with Gasteiger partial charge in [-0.05, 0) is 47.2 Å². The highest BCUT2D eigenvalue weighted by Crippen LogP contribution is 2.28. The number of carbonyl (C=O) groups excluding carboxylic acids is 4. The lowest BCUT2D eigenvalue weighted by molar-refractivity contribution is -0.140. The van der Waals surface area contributed by atoms with Crippen molar-refractivity contribution in [3.63, 3.8) is 0 Å². The molecule has 0 radical (unpaired) electrons. The molecule has 0 saturated carbocycles. The Bertz CT molecular complexity index is 1550. The Balaban J connectivity index is 1.48. The fraction of sp³-hybridized carbons (Fsp3) is 0.333. The van der Waals surface area contributed by atoms with Crippen LogP contribution in [0.15, 0.2) is 66.7 Å². The fourth-order valence-corrected chi connectivity index (χ4v) is 5.30. The quantitative estimate of drug-likeness (QED) is 0.160. The van der Waals surface area contributed by atoms with Gasteiger partial charge in [0.25, 0.3) is 11.8 Å². The van der Waals surface area contributed by atoms with E-state index >= 15 is 0 Å². The molecule has 4 amide bonds. The molecule has 3 atom stereocenters. The minimum atomic E-state index is -1.31. The van der Waals surface area contributed by atoms with Crippen molar-refractivity contribution in [1.29, 1.82) is 0 Å². The summed E-state index contributed by atoms with van der Waals surface area (Å²) in [5.41, 5.74) is 1.22. The predicted octanol–water partition coefficient (Wildman–Crippen LogP) is 2.21. The van der Waals surface area contributed by atoms with Gasteiger partial charge in [0, 0.05) is 13.0 Å². The Kier molecular flexibility index (Phi) is 10.6. The number of carboxylic acid groups (broad SMARTS) is 2. The zero-order chi connectivity index (χ0) is 32.7. The lowest BCUT2D eigenvalue weighted by Crippen LogP contribution is -2.57. The third-order valence-corrected chi connectivity index (χ3v) is 7.53. The van der Waals surface area contributed by atoms with Gasteiger partial charge in [0.05, 0.1) is 17.2 Å². The molecule has 0 aromatic heterocycles. The first-order valence-electron chi connectivity index (χ1n) is 14.7. The zero-order valence-corrected chi connectivity index (χ0v) is 25.0. The molecule has 0 aliphatic carbocycles. The number of hydrogen-bond donors (Lipinski definition) is 5. The SMILES string of the molecule is CC(C)C[C@H](N[C@H](CCN1C(=O)c2cc3ccccc3cc2C1=O)C(=O)O)C(=O)N[C@@H](Cc1ccccc1)C(=O)NCC(=O)O. The number of carboxylic acids is 2. The minimum Gasteiger partial charge on any atom is -0.480 e. The standard InChI is InChI=1S/C33H36N4O8/c1-19(2)14-26(30(41)36-27(29(40)34-18-28(38)39)15-20-8-4-3-5-9-20)35-25(33(44)45)12-13-37-31(42)23-16-21-10-6-7-11-22(21)17-24(23)32(37)43/h3-11,16-17,19,25-27,35H,12-15,18H2,1-2H3,(H,34,40)(H,36,41)(H,38,39)(H,44,45)/t25-,26+,27+/m1/s1. The van der Waals surface area contributed by atoms with E-state index in [1.54, 1.807) is 42.5 Å². The number of fused-ring (bicyclic) bond motifs is 2. The van der Waals surface area contributed by atoms with Gasteiger partial charge < -0.3 is 20.8 Å². The van der Waals surface area contributed by atoms with E-state index in [0.29, 0.717) is 0 Å². The van der Waals surface area contributed by atoms with Crippen molar-refractivity contribution in [2.75, 3.05) is 13.1 Å². The number of benzene rings is 3. The Hall–Kier alpha value is -5.10. The largest absolute Gasteiger partial charge is 0.480 e. The summed E-state index contributed by atoms with van der Waals surface area (Å²) in [6, 6.07) is 16.0. The van der Waals surface area contributed by atoms with Crippen LogP contribution in [0.3, 0.4) is 0 Å². The van der Waals surface area contributed by atoms with E-state index in [1.165, 1.54) is 0 Å². The molecule has 0 bridgehead atoms. The van der Waals surface area contributed by atoms with Gasteiger partial charge in [-0.2, -0.15) is 0 Å². The van der Waals surface area contributed by atoms with Gasteiger partial charge in [0.15, 0.2) is 0 Å². The Morgan fingerprint density at radius 3 is 1.89 bits per heavy atom. The second kappa shape index (κ2) is 14.6. The van der Waals surface area contributed by atoms with Crippen LogP contribution in [0.1, 0.15) is 53.0 Å². The molecule has 0 unspecified atom stereocenters. The number of nitrogens with zero attached hydrogens (tertiary/aromatic N) is 1. The van der Waals surface area contributed by atoms with Gasteiger partial charge in [-0.1, -0.05) is 68.4 Å². The fourth-order valence-electron chi connectivity index (χ4n) is 5.30. The molecule has 236 valence electrons. The molecule has 1 heterocycles. The molecule has 3 aromatic carbocycles. The number of carbonyl (C=O) groups is 6. The van der Waals surface area contributed by atoms with E-state index < -0.39 is 60.2 Å². The molecule has 3 aromatic rings. The highest BCUT2D eigenvalue weighted by Gasteiger charge is 2.37. The second-order valence-corrected chi connectivity index (χ2v) is 11.4. The van der Waals surface area contributed by atoms with Gasteiger partial charge in [-0.3, -0.25) is 39.0 Å². The van der Waals surface area contributed by atoms with E-state index in [4.69, 9.17) is 5.11 Å². The summed E-state index contributed by atoms with van der Waals surface area (Å²) in [5, 5.41) is 28.4. The number of rotatable bonds is 15. The van der Waals surface area contributed by atoms with E-state index in [-0.39, 0.29) is 42.9 Å². The van der Waals surface area contributed by atoms with Crippen LogP contribution in [0.25, 0.3) is 10.8 Å². The molecule has 45 heavy (non-hydrogen) atoms. The lowest BCUT2D eigenvalue weighted by Gasteiger charge is -2.27. The first-order chi connectivity index (χ1) is 21.4. The van der Waals surface area contributed by atoms with Crippen molar-refractivity contribution in [3.05, 3.63) is 83.4 Å². The smallest absolute Gasteiger partial charge is 0.322 e. The van der Waals surface area contributed by atoms with Crippen LogP contribution in [0.2, 0.25) is 0 Å². The third-order valence-electron chi connectivity index (χ3n) is 7.53. The van der Waals surface area contributed by atoms with Crippen molar-refractivity contribution in [3.8, 4) is 0 Å². The van der Waals surface area contributed by atoms with Crippen LogP contribution in [0.5, 0.6) is 0 Å². The van der Waals surface area contributed by atoms with Gasteiger partial charge in [0.2, 0.25) is 11.8 Å². The minimum absolute atomic E-state index is 0.0542. The van der Waals surface area contributed by atoms with Gasteiger partial charge in [0.1, 0.15) is 18.6 Å². The average molecular weight is 617 g/mol. The molecule has 0 spiro atoms. The van der Waals surface area contributed by atoms with Crippen LogP contribution in [-0.4, -0.2) is 81.9 Å². The molecule has 4 rings (SSSR count). The van der Waals surface area contributed by atoms with E-state index in [1.807, 2.05) is 38.1 Å². The van der Waals surface area contributed by atoms with E-state index in [2.05, 4.69) is 16.0 Å². The third kappa shape index (κ3) is 8.30. The first kappa shape index (κ1) is 32.8. The molecule has 0 saturated heterocycles. The number of nitrogens with one attached hydrogen (secondary N) is 3. The molecular formula is C33H36N4O8. The van der Waals surface area contributed by atoms with Crippen LogP contribution in [0.4, 0.5) is 0 Å². The number of aliphatic carboxylic acids is 2. The normalized spacial score (nSPS) is 14.6. The highest BCUT2D eigenvalue weighted by atomic mass is 16.4. The van der Waals surface area contributed by atoms with Crippen LogP contribution in [0, 0.1) is 5.92 Å². The molecule has 1 aliphatic heterocycles. The lowest BCUT2D eigenvalue weighted by atomic mass is 9.99. The maximum atomic E-state index is 13.5. The van der Waals surface area contributed by atoms with Gasteiger partial charge in [-0.15, -0.1) is 0 Å². The number of hydrogen-bond acceptors (Lipinski definition) is 7. The number of amides is 4. The van der Waals surface area contributed by atoms with Crippen molar-refractivity contribution in [1.82, 2.24) is 20.9 Å². The summed E-state index contributed by atoms with van der Waals surface area (Å²) >= 11 is 0. The molecule has 12 heteroatoms. The van der Waals surface area contributed by atoms with E-state index in [9.17, 15) is 33.9 Å². The maximum absolute atomic E-state index is 13.5. The zero-order valence-electron chi connectivity index (χ0n) is 25.0. The average Bonchev–Trinajstić information content (AvgIpc) is 3.23. The van der Waals surface area contributed by atoms with Gasteiger partial charge >= 0.3 is 11.9 Å². The summed E-state index contributed by atoms with van der Waals surface area (Å²) in [5.74, 6) is -4.96. The van der Waals surface area contributed by atoms with E-state index in [0.717, 1.165) is 21.2 Å². The Labute approximate surface area is 259 Å². The second-order valence-electron chi connectivity index (χ2n) is 11.4. The van der Waals surface area contributed by atoms with Crippen molar-refractivity contribution < 1.29 is 39.0 Å². The van der Waals surface area contributed by atoms with Crippen molar-refractivity contribution >= 4 is 46.3 Å². The summed E-state index contributed by atoms with van der Waals surface area (Å²) in [6.45, 7) is 2.86. The summed E-state index contributed by atoms with van der Waals surface area (Å²) < 4.78 is 0. The first-order valence-corrected chi connectivity index (χ1v) is 14.7. The topological polar surface area (TPSA) is 182 Å². The summed E-state index contributed by atoms with van der Waals surface area (Å²) in [6.07, 6.45) is 0.113. The molecule has 5 N–H and O–H groups in total. The van der Waals surface area contributed by atoms with Crippen molar-refractivity contribution in [2.45, 2.75) is 51.2 Å². The molecule has 0 fully saturated rings. The predicted molar refractivity (Wildman–Crippen MR) is 164 cm³/mol.